The van der Waals surface area contributed by atoms with Gasteiger partial charge < -0.3 is 30.0 Å². The molecule has 2 aliphatic heterocycles. The van der Waals surface area contributed by atoms with Crippen molar-refractivity contribution in [1.29, 1.82) is 0 Å². The van der Waals surface area contributed by atoms with Crippen molar-refractivity contribution >= 4 is 10.8 Å². The highest BCUT2D eigenvalue weighted by atomic mass is 16.7. The zero-order valence-corrected chi connectivity index (χ0v) is 15.5. The van der Waals surface area contributed by atoms with Crippen LogP contribution in [0.2, 0.25) is 0 Å². The van der Waals surface area contributed by atoms with E-state index in [4.69, 9.17) is 30.0 Å². The molecule has 0 radical (unpaired) electrons. The van der Waals surface area contributed by atoms with Crippen LogP contribution in [0.5, 0.6) is 23.0 Å². The third-order valence-electron chi connectivity index (χ3n) is 5.00. The van der Waals surface area contributed by atoms with Gasteiger partial charge in [-0.1, -0.05) is 0 Å². The third-order valence-corrected chi connectivity index (χ3v) is 5.00. The molecular weight excluding hydrogens is 360 g/mol. The summed E-state index contributed by atoms with van der Waals surface area (Å²) in [6.07, 6.45) is 3.11. The van der Waals surface area contributed by atoms with Gasteiger partial charge in [0, 0.05) is 12.5 Å². The van der Waals surface area contributed by atoms with Crippen molar-refractivity contribution in [3.63, 3.8) is 0 Å². The molecule has 8 heteroatoms. The lowest BCUT2D eigenvalue weighted by Gasteiger charge is -2.17. The minimum absolute atomic E-state index is 0.299. The lowest BCUT2D eigenvalue weighted by atomic mass is 9.95. The molecule has 0 spiro atoms. The number of methoxy groups -OCH3 is 2. The number of rotatable bonds is 2. The molecule has 3 heterocycles. The molecule has 0 unspecified atom stereocenters. The number of hydrogen-bond donors (Lipinski definition) is 0. The Morgan fingerprint density at radius 3 is 2.50 bits per heavy atom. The van der Waals surface area contributed by atoms with Gasteiger partial charge in [0.25, 0.3) is 0 Å². The van der Waals surface area contributed by atoms with Crippen LogP contribution in [0.4, 0.5) is 0 Å². The first-order valence-electron chi connectivity index (χ1n) is 8.69. The largest absolute Gasteiger partial charge is 0.493 e. The van der Waals surface area contributed by atoms with Gasteiger partial charge in [-0.05, 0) is 35.2 Å². The second-order valence-corrected chi connectivity index (χ2v) is 6.36. The van der Waals surface area contributed by atoms with Crippen molar-refractivity contribution in [2.75, 3.05) is 21.0 Å². The summed E-state index contributed by atoms with van der Waals surface area (Å²) in [5.74, 6) is 3.18. The zero-order chi connectivity index (χ0) is 19.7. The maximum atomic E-state index is 6.75. The van der Waals surface area contributed by atoms with Gasteiger partial charge in [-0.15, -0.1) is 0 Å². The monoisotopic (exact) mass is 378 g/mol. The molecule has 3 aromatic rings. The van der Waals surface area contributed by atoms with Crippen LogP contribution in [-0.4, -0.2) is 21.0 Å². The molecule has 1 aromatic heterocycles. The smallest absolute Gasteiger partial charge is 0.231 e. The standard InChI is InChI=1S/C20H18NO4.N3/c1-22-17-4-3-12-7-16-14-9-19-18(24-11-25-19)8-13(14)5-6-21(16)10-15(12)20(17)23-2;1-3-2/h3-4,7-10H,5-6,11H2,1-2H3;/q+1;-1. The van der Waals surface area contributed by atoms with Gasteiger partial charge >= 0.3 is 0 Å². The highest BCUT2D eigenvalue weighted by molar-refractivity contribution is 5.91. The average molecular weight is 378 g/mol. The Morgan fingerprint density at radius 2 is 1.79 bits per heavy atom. The molecule has 8 nitrogen and oxygen atoms in total. The first-order valence-corrected chi connectivity index (χ1v) is 8.69. The van der Waals surface area contributed by atoms with Crippen molar-refractivity contribution < 1.29 is 23.5 Å². The van der Waals surface area contributed by atoms with E-state index in [0.29, 0.717) is 6.79 Å². The molecule has 5 rings (SSSR count). The van der Waals surface area contributed by atoms with Crippen LogP contribution in [-0.2, 0) is 13.0 Å². The predicted molar refractivity (Wildman–Crippen MR) is 103 cm³/mol. The predicted octanol–water partition coefficient (Wildman–Crippen LogP) is 3.96. The van der Waals surface area contributed by atoms with Gasteiger partial charge in [0.15, 0.2) is 35.7 Å². The van der Waals surface area contributed by atoms with Crippen LogP contribution < -0.4 is 23.5 Å². The Morgan fingerprint density at radius 1 is 1.04 bits per heavy atom. The fourth-order valence-electron chi connectivity index (χ4n) is 3.77. The zero-order valence-electron chi connectivity index (χ0n) is 15.5. The van der Waals surface area contributed by atoms with Gasteiger partial charge in [0.1, 0.15) is 0 Å². The normalized spacial score (nSPS) is 12.9. The summed E-state index contributed by atoms with van der Waals surface area (Å²) in [4.78, 5) is 1.50. The van der Waals surface area contributed by atoms with E-state index in [0.717, 1.165) is 46.7 Å². The Hall–Kier alpha value is -3.64. The lowest BCUT2D eigenvalue weighted by Crippen LogP contribution is -2.40. The van der Waals surface area contributed by atoms with Crippen molar-refractivity contribution in [2.45, 2.75) is 13.0 Å². The molecule has 0 amide bonds. The summed E-state index contributed by atoms with van der Waals surface area (Å²) in [6, 6.07) is 10.4. The summed E-state index contributed by atoms with van der Waals surface area (Å²) in [5.41, 5.74) is 17.2. The second kappa shape index (κ2) is 7.17. The van der Waals surface area contributed by atoms with Gasteiger partial charge in [0.05, 0.1) is 25.2 Å². The van der Waals surface area contributed by atoms with Gasteiger partial charge in [-0.25, -0.2) is 0 Å². The number of aromatic nitrogens is 1. The fourth-order valence-corrected chi connectivity index (χ4v) is 3.77. The Kier molecular flexibility index (Phi) is 4.55. The van der Waals surface area contributed by atoms with E-state index in [-0.39, 0.29) is 0 Å². The van der Waals surface area contributed by atoms with E-state index in [2.05, 4.69) is 35.0 Å². The number of nitrogens with zero attached hydrogens (tertiary/aromatic N) is 4. The Bertz CT molecular complexity index is 1110. The minimum atomic E-state index is 0.299. The van der Waals surface area contributed by atoms with E-state index in [9.17, 15) is 0 Å². The number of fused-ring (bicyclic) bond motifs is 5. The Labute approximate surface area is 161 Å². The third kappa shape index (κ3) is 2.80. The van der Waals surface area contributed by atoms with Gasteiger partial charge in [-0.2, -0.15) is 4.57 Å². The highest BCUT2D eigenvalue weighted by Gasteiger charge is 2.28. The number of hydrogen-bond acceptors (Lipinski definition) is 4. The average Bonchev–Trinajstić information content (AvgIpc) is 3.18. The topological polar surface area (TPSA) is 99.5 Å². The van der Waals surface area contributed by atoms with Gasteiger partial charge in [0.2, 0.25) is 12.5 Å². The quantitative estimate of drug-likeness (QED) is 0.292. The molecule has 0 atom stereocenters. The van der Waals surface area contributed by atoms with Crippen LogP contribution in [0.1, 0.15) is 5.56 Å². The first kappa shape index (κ1) is 17.8. The van der Waals surface area contributed by atoms with Crippen molar-refractivity contribution in [1.82, 2.24) is 0 Å². The molecule has 142 valence electrons. The molecule has 28 heavy (non-hydrogen) atoms. The van der Waals surface area contributed by atoms with E-state index in [1.165, 1.54) is 21.7 Å². The number of benzene rings is 2. The van der Waals surface area contributed by atoms with Crippen LogP contribution in [0.3, 0.4) is 0 Å². The maximum Gasteiger partial charge on any atom is 0.231 e. The summed E-state index contributed by atoms with van der Waals surface area (Å²) in [5, 5.41) is 2.17. The minimum Gasteiger partial charge on any atom is -0.493 e. The molecule has 0 saturated heterocycles. The van der Waals surface area contributed by atoms with Crippen molar-refractivity contribution in [3.05, 3.63) is 58.1 Å². The SMILES string of the molecule is COc1ccc2cc3[n+](cc2c1OC)CCc1cc2c(cc1-3)OCO2.[N-]=[N+]=[N-]. The van der Waals surface area contributed by atoms with Crippen molar-refractivity contribution in [2.24, 2.45) is 0 Å². The number of aryl methyl sites for hydroxylation is 2. The van der Waals surface area contributed by atoms with Crippen LogP contribution in [0.25, 0.3) is 38.0 Å². The first-order chi connectivity index (χ1) is 13.7. The lowest BCUT2D eigenvalue weighted by molar-refractivity contribution is -0.686. The van der Waals surface area contributed by atoms with Crippen molar-refractivity contribution in [3.8, 4) is 34.3 Å². The number of pyridine rings is 1. The Balaban J connectivity index is 0.000000604. The summed E-state index contributed by atoms with van der Waals surface area (Å²) in [6.45, 7) is 1.21. The molecule has 2 aliphatic rings. The number of ether oxygens (including phenoxy) is 4. The second-order valence-electron chi connectivity index (χ2n) is 6.36. The molecular formula is C20H18N4O4. The summed E-state index contributed by atoms with van der Waals surface area (Å²) < 4.78 is 24.4. The highest BCUT2D eigenvalue weighted by Crippen LogP contribution is 2.41. The maximum absolute atomic E-state index is 6.75. The van der Waals surface area contributed by atoms with E-state index >= 15 is 0 Å². The van der Waals surface area contributed by atoms with Gasteiger partial charge in [-0.3, -0.25) is 4.91 Å². The molecule has 2 aromatic carbocycles. The van der Waals surface area contributed by atoms with E-state index < -0.39 is 0 Å². The summed E-state index contributed by atoms with van der Waals surface area (Å²) >= 11 is 0. The molecule has 0 saturated carbocycles. The molecule has 0 fully saturated rings. The summed E-state index contributed by atoms with van der Waals surface area (Å²) in [7, 11) is 3.34. The fraction of sp³-hybridized carbons (Fsp3) is 0.250. The van der Waals surface area contributed by atoms with Crippen LogP contribution in [0, 0.1) is 0 Å². The van der Waals surface area contributed by atoms with E-state index in [1.54, 1.807) is 14.2 Å². The van der Waals surface area contributed by atoms with Crippen LogP contribution in [0.15, 0.2) is 36.5 Å². The molecule has 0 aliphatic carbocycles. The van der Waals surface area contributed by atoms with E-state index in [1.807, 2.05) is 6.07 Å². The molecule has 0 bridgehead atoms. The molecule has 0 N–H and O–H groups in total. The van der Waals surface area contributed by atoms with Crippen LogP contribution >= 0.6 is 0 Å².